The summed E-state index contributed by atoms with van der Waals surface area (Å²) in [5.41, 5.74) is 16.0. The fourth-order valence-electron chi connectivity index (χ4n) is 9.23. The van der Waals surface area contributed by atoms with E-state index in [0.717, 1.165) is 33.9 Å². The Morgan fingerprint density at radius 2 is 1.13 bits per heavy atom. The Labute approximate surface area is 323 Å². The first-order chi connectivity index (χ1) is 26.8. The van der Waals surface area contributed by atoms with E-state index in [1.807, 2.05) is 0 Å². The van der Waals surface area contributed by atoms with Crippen LogP contribution in [0.25, 0.3) is 72.1 Å². The summed E-state index contributed by atoms with van der Waals surface area (Å²) in [6.07, 6.45) is 6.97. The molecule has 10 rings (SSSR count). The second-order valence-electron chi connectivity index (χ2n) is 15.9. The zero-order valence-electron chi connectivity index (χ0n) is 31.7. The summed E-state index contributed by atoms with van der Waals surface area (Å²) in [4.78, 5) is 10.6. The third-order valence-electron chi connectivity index (χ3n) is 12.2. The van der Waals surface area contributed by atoms with Gasteiger partial charge in [-0.15, -0.1) is 0 Å². The summed E-state index contributed by atoms with van der Waals surface area (Å²) in [7, 11) is 0. The number of rotatable bonds is 5. The molecule has 7 aromatic carbocycles. The van der Waals surface area contributed by atoms with Gasteiger partial charge in [-0.2, -0.15) is 0 Å². The molecule has 0 saturated carbocycles. The normalized spacial score (nSPS) is 16.9. The highest BCUT2D eigenvalue weighted by atomic mass is 14.9. The quantitative estimate of drug-likeness (QED) is 0.178. The second kappa shape index (κ2) is 12.9. The maximum absolute atomic E-state index is 5.28. The molecule has 55 heavy (non-hydrogen) atoms. The average molecular weight is 707 g/mol. The van der Waals surface area contributed by atoms with Gasteiger partial charge in [0.2, 0.25) is 0 Å². The molecule has 2 aliphatic carbocycles. The molecule has 0 saturated heterocycles. The van der Waals surface area contributed by atoms with Gasteiger partial charge in [0, 0.05) is 28.0 Å². The lowest BCUT2D eigenvalue weighted by molar-refractivity contribution is 0.651. The van der Waals surface area contributed by atoms with Crippen LogP contribution in [0.15, 0.2) is 170 Å². The summed E-state index contributed by atoms with van der Waals surface area (Å²) >= 11 is 0. The lowest BCUT2D eigenvalue weighted by Gasteiger charge is -2.29. The van der Waals surface area contributed by atoms with Gasteiger partial charge >= 0.3 is 0 Å². The van der Waals surface area contributed by atoms with Gasteiger partial charge in [0.1, 0.15) is 0 Å². The van der Waals surface area contributed by atoms with Crippen LogP contribution in [0.3, 0.4) is 0 Å². The third kappa shape index (κ3) is 5.55. The van der Waals surface area contributed by atoms with Crippen molar-refractivity contribution in [2.45, 2.75) is 39.0 Å². The van der Waals surface area contributed by atoms with E-state index in [9.17, 15) is 0 Å². The van der Waals surface area contributed by atoms with Crippen LogP contribution < -0.4 is 0 Å². The van der Waals surface area contributed by atoms with E-state index in [1.54, 1.807) is 0 Å². The minimum absolute atomic E-state index is 0.0399. The first-order valence-electron chi connectivity index (χ1n) is 19.4. The van der Waals surface area contributed by atoms with E-state index in [1.165, 1.54) is 66.1 Å². The number of aromatic nitrogens is 2. The Bertz CT molecular complexity index is 2790. The molecule has 2 aliphatic rings. The number of fused-ring (bicyclic) bond motifs is 5. The highest BCUT2D eigenvalue weighted by molar-refractivity contribution is 5.93. The van der Waals surface area contributed by atoms with Crippen LogP contribution in [0.2, 0.25) is 0 Å². The third-order valence-corrected chi connectivity index (χ3v) is 12.2. The van der Waals surface area contributed by atoms with Crippen LogP contribution in [0.5, 0.6) is 0 Å². The smallest absolute Gasteiger partial charge is 0.160 e. The van der Waals surface area contributed by atoms with Gasteiger partial charge in [-0.25, -0.2) is 9.97 Å². The van der Waals surface area contributed by atoms with Gasteiger partial charge in [0.25, 0.3) is 0 Å². The largest absolute Gasteiger partial charge is 0.228 e. The van der Waals surface area contributed by atoms with Crippen molar-refractivity contribution in [2.75, 3.05) is 0 Å². The molecule has 2 heteroatoms. The molecular weight excluding hydrogens is 665 g/mol. The van der Waals surface area contributed by atoms with Crippen molar-refractivity contribution in [3.63, 3.8) is 0 Å². The first kappa shape index (κ1) is 33.2. The lowest BCUT2D eigenvalue weighted by atomic mass is 9.75. The molecule has 0 amide bonds. The summed E-state index contributed by atoms with van der Waals surface area (Å²) in [5, 5.41) is 4.83. The molecule has 0 aliphatic heterocycles. The predicted octanol–water partition coefficient (Wildman–Crippen LogP) is 13.8. The van der Waals surface area contributed by atoms with E-state index in [2.05, 4.69) is 198 Å². The van der Waals surface area contributed by atoms with Crippen LogP contribution in [-0.4, -0.2) is 9.97 Å². The van der Waals surface area contributed by atoms with Gasteiger partial charge in [-0.3, -0.25) is 0 Å². The van der Waals surface area contributed by atoms with Crippen molar-refractivity contribution in [1.29, 1.82) is 0 Å². The lowest BCUT2D eigenvalue weighted by Crippen LogP contribution is -2.16. The zero-order chi connectivity index (χ0) is 37.3. The number of allylic oxidation sites excluding steroid dienone is 4. The number of hydrogen-bond acceptors (Lipinski definition) is 2. The highest BCUT2D eigenvalue weighted by Gasteiger charge is 2.38. The maximum Gasteiger partial charge on any atom is 0.160 e. The summed E-state index contributed by atoms with van der Waals surface area (Å²) in [6.45, 7) is 9.39. The molecule has 0 spiro atoms. The highest BCUT2D eigenvalue weighted by Crippen LogP contribution is 2.54. The van der Waals surface area contributed by atoms with E-state index < -0.39 is 0 Å². The van der Waals surface area contributed by atoms with Crippen molar-refractivity contribution in [2.24, 2.45) is 5.92 Å². The molecule has 8 aromatic rings. The van der Waals surface area contributed by atoms with Gasteiger partial charge in [0.15, 0.2) is 5.82 Å². The van der Waals surface area contributed by atoms with Crippen LogP contribution in [0.4, 0.5) is 0 Å². The standard InChI is InChI=1S/C53H42N2/c1-33-13-9-23-46-50(33)51-45(22-12-24-47(51)53(46,3)4)44-21-11-20-43(34(44)2)39-18-10-19-42(31-39)52-54-48(40-27-25-35-14-5-7-16-37(35)29-40)32-49(55-52)41-28-26-36-15-6-8-17-38(36)30-41/h5-32,34,43H,1-4H3. The molecule has 2 atom stereocenters. The Balaban J connectivity index is 1.06. The fourth-order valence-corrected chi connectivity index (χ4v) is 9.23. The van der Waals surface area contributed by atoms with Crippen molar-refractivity contribution >= 4 is 27.1 Å². The molecule has 1 heterocycles. The van der Waals surface area contributed by atoms with Crippen molar-refractivity contribution in [3.8, 4) is 45.0 Å². The second-order valence-corrected chi connectivity index (χ2v) is 15.9. The van der Waals surface area contributed by atoms with Gasteiger partial charge in [-0.05, 0) is 103 Å². The molecule has 0 radical (unpaired) electrons. The predicted molar refractivity (Wildman–Crippen MR) is 231 cm³/mol. The number of benzene rings is 7. The van der Waals surface area contributed by atoms with Gasteiger partial charge < -0.3 is 0 Å². The Hall–Kier alpha value is -6.38. The molecule has 2 nitrogen and oxygen atoms in total. The number of hydrogen-bond donors (Lipinski definition) is 0. The van der Waals surface area contributed by atoms with Crippen LogP contribution in [-0.2, 0) is 5.41 Å². The summed E-state index contributed by atoms with van der Waals surface area (Å²) < 4.78 is 0. The van der Waals surface area contributed by atoms with Crippen molar-refractivity contribution in [1.82, 2.24) is 9.97 Å². The van der Waals surface area contributed by atoms with Crippen LogP contribution >= 0.6 is 0 Å². The molecular formula is C53H42N2. The van der Waals surface area contributed by atoms with E-state index in [0.29, 0.717) is 0 Å². The summed E-state index contributed by atoms with van der Waals surface area (Å²) in [6, 6.07) is 55.0. The van der Waals surface area contributed by atoms with Crippen LogP contribution in [0.1, 0.15) is 54.5 Å². The fraction of sp³-hybridized carbons (Fsp3) is 0.132. The maximum atomic E-state index is 5.28. The molecule has 1 aromatic heterocycles. The Morgan fingerprint density at radius 3 is 1.80 bits per heavy atom. The molecule has 2 unspecified atom stereocenters. The van der Waals surface area contributed by atoms with Crippen molar-refractivity contribution in [3.05, 3.63) is 198 Å². The Morgan fingerprint density at radius 1 is 0.527 bits per heavy atom. The number of aryl methyl sites for hydroxylation is 1. The van der Waals surface area contributed by atoms with Crippen molar-refractivity contribution < 1.29 is 0 Å². The first-order valence-corrected chi connectivity index (χ1v) is 19.4. The summed E-state index contributed by atoms with van der Waals surface area (Å²) in [5.74, 6) is 1.19. The topological polar surface area (TPSA) is 25.8 Å². The van der Waals surface area contributed by atoms with Gasteiger partial charge in [-0.1, -0.05) is 166 Å². The number of nitrogens with zero attached hydrogens (tertiary/aromatic N) is 2. The SMILES string of the molecule is Cc1cccc2c1-c1c(C3=CC=CC(c4cccc(-c5nc(-c6ccc7ccccc7c6)cc(-c6ccc7ccccc7c6)n5)c4)C3C)cccc1C2(C)C. The average Bonchev–Trinajstić information content (AvgIpc) is 3.47. The minimum atomic E-state index is -0.0399. The van der Waals surface area contributed by atoms with E-state index in [4.69, 9.17) is 9.97 Å². The molecule has 0 bridgehead atoms. The monoisotopic (exact) mass is 706 g/mol. The van der Waals surface area contributed by atoms with Gasteiger partial charge in [0.05, 0.1) is 11.4 Å². The molecule has 0 N–H and O–H groups in total. The zero-order valence-corrected chi connectivity index (χ0v) is 31.7. The van der Waals surface area contributed by atoms with Crippen LogP contribution in [0, 0.1) is 12.8 Å². The van der Waals surface area contributed by atoms with E-state index in [-0.39, 0.29) is 17.3 Å². The molecule has 264 valence electrons. The van der Waals surface area contributed by atoms with E-state index >= 15 is 0 Å². The molecule has 0 fully saturated rings. The minimum Gasteiger partial charge on any atom is -0.228 e. The Kier molecular flexibility index (Phi) is 7.78.